The number of hydrogen-bond donors (Lipinski definition) is 0. The van der Waals surface area contributed by atoms with E-state index in [0.29, 0.717) is 5.69 Å². The average molecular weight is 278 g/mol. The van der Waals surface area contributed by atoms with Crippen molar-refractivity contribution in [2.75, 3.05) is 0 Å². The van der Waals surface area contributed by atoms with Gasteiger partial charge < -0.3 is 0 Å². The zero-order valence-corrected chi connectivity index (χ0v) is 10.8. The molecule has 0 aromatic carbocycles. The zero-order valence-electron chi connectivity index (χ0n) is 10.0. The molecule has 18 heavy (non-hydrogen) atoms. The van der Waals surface area contributed by atoms with Gasteiger partial charge in [-0.3, -0.25) is 4.40 Å². The molecule has 0 unspecified atom stereocenters. The maximum absolute atomic E-state index is 12.6. The Bertz CT molecular complexity index is 596. The monoisotopic (exact) mass is 277 g/mol. The second-order valence-electron chi connectivity index (χ2n) is 5.01. The second-order valence-corrected chi connectivity index (χ2v) is 5.35. The van der Waals surface area contributed by atoms with Crippen molar-refractivity contribution in [3.05, 3.63) is 28.9 Å². The second kappa shape index (κ2) is 3.85. The van der Waals surface area contributed by atoms with E-state index < -0.39 is 11.9 Å². The molecule has 0 saturated carbocycles. The number of rotatable bonds is 0. The van der Waals surface area contributed by atoms with Crippen molar-refractivity contribution in [1.29, 1.82) is 0 Å². The van der Waals surface area contributed by atoms with E-state index >= 15 is 0 Å². The van der Waals surface area contributed by atoms with E-state index in [1.165, 1.54) is 4.40 Å². The van der Waals surface area contributed by atoms with Crippen molar-refractivity contribution in [2.45, 2.75) is 32.4 Å². The van der Waals surface area contributed by atoms with Gasteiger partial charge in [0.2, 0.25) is 5.28 Å². The number of fused-ring (bicyclic) bond motifs is 1. The van der Waals surface area contributed by atoms with Crippen molar-refractivity contribution in [3.63, 3.8) is 0 Å². The molecule has 0 bridgehead atoms. The molecule has 98 valence electrons. The third-order valence-corrected chi connectivity index (χ3v) is 2.74. The fourth-order valence-corrected chi connectivity index (χ4v) is 1.69. The lowest BCUT2D eigenvalue weighted by Gasteiger charge is -2.13. The molecule has 7 heteroatoms. The predicted molar refractivity (Wildman–Crippen MR) is 61.7 cm³/mol. The van der Waals surface area contributed by atoms with Gasteiger partial charge in [0.05, 0.1) is 5.69 Å². The number of hydrogen-bond acceptors (Lipinski definition) is 2. The molecular formula is C11H11ClF3N3. The Morgan fingerprint density at radius 2 is 1.72 bits per heavy atom. The molecule has 0 saturated heterocycles. The zero-order chi connectivity index (χ0) is 13.7. The quantitative estimate of drug-likeness (QED) is 0.687. The maximum Gasteiger partial charge on any atom is 0.433 e. The molecule has 0 fully saturated rings. The first-order valence-corrected chi connectivity index (χ1v) is 5.60. The highest BCUT2D eigenvalue weighted by atomic mass is 35.5. The van der Waals surface area contributed by atoms with Crippen LogP contribution in [-0.4, -0.2) is 14.4 Å². The van der Waals surface area contributed by atoms with Crippen molar-refractivity contribution in [3.8, 4) is 0 Å². The normalized spacial score (nSPS) is 13.3. The van der Waals surface area contributed by atoms with Crippen LogP contribution in [-0.2, 0) is 11.6 Å². The molecule has 3 nitrogen and oxygen atoms in total. The van der Waals surface area contributed by atoms with E-state index in [4.69, 9.17) is 11.6 Å². The largest absolute Gasteiger partial charge is 0.433 e. The third kappa shape index (κ3) is 2.29. The average Bonchev–Trinajstić information content (AvgIpc) is 2.59. The van der Waals surface area contributed by atoms with Crippen molar-refractivity contribution < 1.29 is 13.2 Å². The Balaban J connectivity index is 2.67. The smallest absolute Gasteiger partial charge is 0.274 e. The van der Waals surface area contributed by atoms with Crippen LogP contribution < -0.4 is 0 Å². The summed E-state index contributed by atoms with van der Waals surface area (Å²) in [6.45, 7) is 5.75. The molecule has 0 aliphatic rings. The van der Waals surface area contributed by atoms with Crippen LogP contribution in [0.3, 0.4) is 0 Å². The Morgan fingerprint density at radius 3 is 2.22 bits per heavy atom. The predicted octanol–water partition coefficient (Wildman–Crippen LogP) is 3.70. The van der Waals surface area contributed by atoms with Crippen LogP contribution >= 0.6 is 11.6 Å². The molecule has 0 spiro atoms. The van der Waals surface area contributed by atoms with E-state index in [9.17, 15) is 13.2 Å². The van der Waals surface area contributed by atoms with E-state index in [0.717, 1.165) is 6.07 Å². The molecule has 2 aromatic rings. The number of nitrogens with zero attached hydrogens (tertiary/aromatic N) is 3. The van der Waals surface area contributed by atoms with Gasteiger partial charge >= 0.3 is 6.18 Å². The summed E-state index contributed by atoms with van der Waals surface area (Å²) in [7, 11) is 0. The Kier molecular flexibility index (Phi) is 2.81. The van der Waals surface area contributed by atoms with Crippen molar-refractivity contribution in [1.82, 2.24) is 14.4 Å². The highest BCUT2D eigenvalue weighted by Gasteiger charge is 2.34. The summed E-state index contributed by atoms with van der Waals surface area (Å²) in [5, 5.41) is -0.247. The van der Waals surface area contributed by atoms with E-state index in [2.05, 4.69) is 9.97 Å². The fourth-order valence-electron chi connectivity index (χ4n) is 1.46. The summed E-state index contributed by atoms with van der Waals surface area (Å²) < 4.78 is 39.1. The first kappa shape index (κ1) is 13.1. The molecule has 0 amide bonds. The van der Waals surface area contributed by atoms with Gasteiger partial charge in [-0.25, -0.2) is 9.97 Å². The standard InChI is InChI=1S/C11H11ClF3N3/c1-10(2,3)7-5-18-8(16-7)4-6(11(13,14)15)17-9(18)12/h4-5H,1-3H3. The van der Waals surface area contributed by atoms with Crippen molar-refractivity contribution in [2.24, 2.45) is 0 Å². The minimum atomic E-state index is -4.53. The van der Waals surface area contributed by atoms with Gasteiger partial charge in [-0.15, -0.1) is 0 Å². The molecule has 0 N–H and O–H groups in total. The molecule has 0 radical (unpaired) electrons. The highest BCUT2D eigenvalue weighted by Crippen LogP contribution is 2.30. The van der Waals surface area contributed by atoms with Crippen LogP contribution in [0.5, 0.6) is 0 Å². The summed E-state index contributed by atoms with van der Waals surface area (Å²) in [6, 6.07) is 0.890. The first-order valence-electron chi connectivity index (χ1n) is 5.22. The summed E-state index contributed by atoms with van der Waals surface area (Å²) in [5.74, 6) is 0. The van der Waals surface area contributed by atoms with Gasteiger partial charge in [0.15, 0.2) is 5.69 Å². The lowest BCUT2D eigenvalue weighted by molar-refractivity contribution is -0.141. The van der Waals surface area contributed by atoms with Gasteiger partial charge in [0.1, 0.15) is 5.65 Å². The third-order valence-electron chi connectivity index (χ3n) is 2.47. The van der Waals surface area contributed by atoms with Gasteiger partial charge in [-0.2, -0.15) is 13.2 Å². The topological polar surface area (TPSA) is 30.2 Å². The number of aromatic nitrogens is 3. The fraction of sp³-hybridized carbons (Fsp3) is 0.455. The lowest BCUT2D eigenvalue weighted by Crippen LogP contribution is -2.11. The molecule has 2 aromatic heterocycles. The summed E-state index contributed by atoms with van der Waals surface area (Å²) in [4.78, 5) is 7.49. The van der Waals surface area contributed by atoms with Gasteiger partial charge in [0.25, 0.3) is 0 Å². The van der Waals surface area contributed by atoms with Crippen LogP contribution in [0.2, 0.25) is 5.28 Å². The Labute approximate surface area is 107 Å². The molecule has 2 heterocycles. The van der Waals surface area contributed by atoms with E-state index in [-0.39, 0.29) is 16.3 Å². The highest BCUT2D eigenvalue weighted by molar-refractivity contribution is 6.28. The minimum Gasteiger partial charge on any atom is -0.274 e. The number of imidazole rings is 1. The van der Waals surface area contributed by atoms with Crippen LogP contribution in [0, 0.1) is 0 Å². The number of alkyl halides is 3. The first-order chi connectivity index (χ1) is 8.09. The van der Waals surface area contributed by atoms with E-state index in [1.807, 2.05) is 20.8 Å². The molecule has 0 aliphatic carbocycles. The van der Waals surface area contributed by atoms with Gasteiger partial charge in [0, 0.05) is 17.7 Å². The maximum atomic E-state index is 12.6. The molecule has 2 rings (SSSR count). The summed E-state index contributed by atoms with van der Waals surface area (Å²) >= 11 is 5.74. The lowest BCUT2D eigenvalue weighted by atomic mass is 9.93. The van der Waals surface area contributed by atoms with Gasteiger partial charge in [-0.05, 0) is 11.6 Å². The SMILES string of the molecule is CC(C)(C)c1cn2c(Cl)nc(C(F)(F)F)cc2n1. The van der Waals surface area contributed by atoms with E-state index in [1.54, 1.807) is 6.20 Å². The molecule has 0 aliphatic heterocycles. The van der Waals surface area contributed by atoms with Crippen LogP contribution in [0.4, 0.5) is 13.2 Å². The minimum absolute atomic E-state index is 0.146. The Morgan fingerprint density at radius 1 is 1.11 bits per heavy atom. The summed E-state index contributed by atoms with van der Waals surface area (Å²) in [5.41, 5.74) is -0.503. The Hall–Kier alpha value is -1.30. The number of halogens is 4. The van der Waals surface area contributed by atoms with Crippen molar-refractivity contribution >= 4 is 17.2 Å². The van der Waals surface area contributed by atoms with Crippen LogP contribution in [0.15, 0.2) is 12.3 Å². The molecular weight excluding hydrogens is 267 g/mol. The van der Waals surface area contributed by atoms with Gasteiger partial charge in [-0.1, -0.05) is 20.8 Å². The van der Waals surface area contributed by atoms with Crippen LogP contribution in [0.25, 0.3) is 5.65 Å². The summed E-state index contributed by atoms with van der Waals surface area (Å²) in [6.07, 6.45) is -2.93. The van der Waals surface area contributed by atoms with Crippen LogP contribution in [0.1, 0.15) is 32.2 Å². The molecule has 0 atom stereocenters.